The highest BCUT2D eigenvalue weighted by Gasteiger charge is 2.51. The zero-order valence-electron chi connectivity index (χ0n) is 14.3. The summed E-state index contributed by atoms with van der Waals surface area (Å²) < 4.78 is 33.9. The van der Waals surface area contributed by atoms with Crippen molar-refractivity contribution >= 4 is 56.5 Å². The first kappa shape index (κ1) is 22.0. The van der Waals surface area contributed by atoms with Crippen LogP contribution in [-0.2, 0) is 14.9 Å². The van der Waals surface area contributed by atoms with E-state index in [-0.39, 0.29) is 37.5 Å². The summed E-state index contributed by atoms with van der Waals surface area (Å²) in [5.41, 5.74) is -0.535. The molecule has 0 aliphatic heterocycles. The van der Waals surface area contributed by atoms with E-state index in [1.807, 2.05) is 0 Å². The normalized spacial score (nSPS) is 13.8. The Hall–Kier alpha value is -1.67. The van der Waals surface area contributed by atoms with Crippen LogP contribution in [0.2, 0.25) is 20.1 Å². The second-order valence-electron chi connectivity index (χ2n) is 6.08. The Balaban J connectivity index is 2.61. The number of benzene rings is 3. The average Bonchev–Trinajstić information content (AvgIpc) is 2.65. The maximum absolute atomic E-state index is 12.9. The molecule has 3 N–H and O–H groups in total. The summed E-state index contributed by atoms with van der Waals surface area (Å²) in [6.07, 6.45) is 0. The lowest BCUT2D eigenvalue weighted by molar-refractivity contribution is 0.439. The molecule has 0 aliphatic rings. The predicted octanol–water partition coefficient (Wildman–Crippen LogP) is 5.89. The van der Waals surface area contributed by atoms with Crippen LogP contribution in [0.4, 0.5) is 0 Å². The fraction of sp³-hybridized carbons (Fsp3) is 0.0526. The minimum absolute atomic E-state index is 0.00871. The van der Waals surface area contributed by atoms with Crippen molar-refractivity contribution in [1.82, 2.24) is 0 Å². The molecule has 0 heterocycles. The van der Waals surface area contributed by atoms with Crippen molar-refractivity contribution in [3.05, 3.63) is 91.4 Å². The van der Waals surface area contributed by atoms with E-state index >= 15 is 0 Å². The third kappa shape index (κ3) is 3.65. The van der Waals surface area contributed by atoms with Gasteiger partial charge in [-0.1, -0.05) is 64.6 Å². The van der Waals surface area contributed by atoms with Gasteiger partial charge in [0.1, 0.15) is 16.5 Å². The van der Waals surface area contributed by atoms with Gasteiger partial charge in [0.05, 0.1) is 5.02 Å². The molecular formula is C19H12Cl4O5S. The molecule has 3 aromatic rings. The van der Waals surface area contributed by atoms with E-state index in [1.165, 1.54) is 48.5 Å². The van der Waals surface area contributed by atoms with E-state index in [4.69, 9.17) is 46.4 Å². The first-order valence-electron chi connectivity index (χ1n) is 7.89. The SMILES string of the molecule is O=S(=O)(O)C(c1ccc(Cl)cc1)(c1cc(O)ccc1Cl)c1ccc(Cl)c(Cl)c1O. The number of hydrogen-bond donors (Lipinski definition) is 3. The Labute approximate surface area is 186 Å². The van der Waals surface area contributed by atoms with E-state index in [2.05, 4.69) is 0 Å². The Morgan fingerprint density at radius 2 is 1.34 bits per heavy atom. The first-order valence-corrected chi connectivity index (χ1v) is 10.8. The maximum Gasteiger partial charge on any atom is 0.283 e. The summed E-state index contributed by atoms with van der Waals surface area (Å²) in [6, 6.07) is 11.6. The molecule has 3 rings (SSSR count). The van der Waals surface area contributed by atoms with Crippen LogP contribution in [0.25, 0.3) is 0 Å². The summed E-state index contributed by atoms with van der Waals surface area (Å²) >= 11 is 24.2. The van der Waals surface area contributed by atoms with Crippen LogP contribution in [0.3, 0.4) is 0 Å². The van der Waals surface area contributed by atoms with E-state index in [1.54, 1.807) is 0 Å². The van der Waals surface area contributed by atoms with Gasteiger partial charge in [0.15, 0.2) is 4.75 Å². The molecule has 0 saturated carbocycles. The second-order valence-corrected chi connectivity index (χ2v) is 9.28. The lowest BCUT2D eigenvalue weighted by Crippen LogP contribution is -2.38. The molecule has 29 heavy (non-hydrogen) atoms. The summed E-state index contributed by atoms with van der Waals surface area (Å²) in [5.74, 6) is -0.989. The van der Waals surface area contributed by atoms with Gasteiger partial charge < -0.3 is 10.2 Å². The van der Waals surface area contributed by atoms with E-state index < -0.39 is 20.6 Å². The molecule has 1 atom stereocenters. The molecule has 10 heteroatoms. The summed E-state index contributed by atoms with van der Waals surface area (Å²) in [7, 11) is -5.09. The van der Waals surface area contributed by atoms with Gasteiger partial charge in [0.2, 0.25) is 0 Å². The standard InChI is InChI=1S/C19H12Cl4O5S/c20-11-3-1-10(2-4-11)19(29(26,27)28,14-9-12(24)5-7-15(14)21)13-6-8-16(22)17(23)18(13)25/h1-9,24-25H,(H,26,27,28). The maximum atomic E-state index is 12.9. The van der Waals surface area contributed by atoms with Gasteiger partial charge in [0.25, 0.3) is 10.1 Å². The highest BCUT2D eigenvalue weighted by molar-refractivity contribution is 7.87. The molecule has 0 bridgehead atoms. The zero-order valence-corrected chi connectivity index (χ0v) is 18.1. The molecule has 0 fully saturated rings. The largest absolute Gasteiger partial charge is 0.508 e. The van der Waals surface area contributed by atoms with Crippen molar-refractivity contribution < 1.29 is 23.2 Å². The van der Waals surface area contributed by atoms with Gasteiger partial charge in [-0.3, -0.25) is 4.55 Å². The minimum Gasteiger partial charge on any atom is -0.508 e. The summed E-state index contributed by atoms with van der Waals surface area (Å²) in [6.45, 7) is 0. The second kappa shape index (κ2) is 7.87. The third-order valence-electron chi connectivity index (χ3n) is 4.42. The van der Waals surface area contributed by atoms with Crippen LogP contribution in [0, 0.1) is 0 Å². The zero-order chi connectivity index (χ0) is 21.6. The number of aromatic hydroxyl groups is 2. The molecule has 0 aliphatic carbocycles. The molecule has 0 spiro atoms. The monoisotopic (exact) mass is 492 g/mol. The van der Waals surface area contributed by atoms with Crippen molar-refractivity contribution in [3.63, 3.8) is 0 Å². The first-order chi connectivity index (χ1) is 13.5. The Morgan fingerprint density at radius 1 is 0.759 bits per heavy atom. The molecule has 0 radical (unpaired) electrons. The topological polar surface area (TPSA) is 94.8 Å². The average molecular weight is 494 g/mol. The Kier molecular flexibility index (Phi) is 5.98. The van der Waals surface area contributed by atoms with Crippen LogP contribution >= 0.6 is 46.4 Å². The highest BCUT2D eigenvalue weighted by Crippen LogP contribution is 2.52. The van der Waals surface area contributed by atoms with Crippen molar-refractivity contribution in [3.8, 4) is 11.5 Å². The summed E-state index contributed by atoms with van der Waals surface area (Å²) in [5, 5.41) is 20.6. The molecule has 0 saturated heterocycles. The van der Waals surface area contributed by atoms with Crippen LogP contribution < -0.4 is 0 Å². The number of rotatable bonds is 4. The molecular weight excluding hydrogens is 482 g/mol. The van der Waals surface area contributed by atoms with Crippen LogP contribution in [0.5, 0.6) is 11.5 Å². The predicted molar refractivity (Wildman–Crippen MR) is 114 cm³/mol. The molecule has 3 aromatic carbocycles. The van der Waals surface area contributed by atoms with Crippen LogP contribution in [-0.4, -0.2) is 23.2 Å². The van der Waals surface area contributed by atoms with Gasteiger partial charge in [-0.15, -0.1) is 0 Å². The lowest BCUT2D eigenvalue weighted by Gasteiger charge is -2.34. The van der Waals surface area contributed by atoms with Crippen molar-refractivity contribution in [2.24, 2.45) is 0 Å². The van der Waals surface area contributed by atoms with Gasteiger partial charge in [0, 0.05) is 21.2 Å². The Bertz CT molecular complexity index is 1200. The fourth-order valence-electron chi connectivity index (χ4n) is 3.17. The van der Waals surface area contributed by atoms with E-state index in [9.17, 15) is 23.2 Å². The molecule has 152 valence electrons. The summed E-state index contributed by atoms with van der Waals surface area (Å²) in [4.78, 5) is 0. The van der Waals surface area contributed by atoms with Crippen LogP contribution in [0.1, 0.15) is 16.7 Å². The van der Waals surface area contributed by atoms with E-state index in [0.29, 0.717) is 5.02 Å². The van der Waals surface area contributed by atoms with Gasteiger partial charge in [-0.05, 0) is 42.0 Å². The highest BCUT2D eigenvalue weighted by atomic mass is 35.5. The molecule has 5 nitrogen and oxygen atoms in total. The molecule has 0 amide bonds. The van der Waals surface area contributed by atoms with Crippen LogP contribution in [0.15, 0.2) is 54.6 Å². The van der Waals surface area contributed by atoms with Crippen molar-refractivity contribution in [2.75, 3.05) is 0 Å². The lowest BCUT2D eigenvalue weighted by atomic mass is 9.83. The Morgan fingerprint density at radius 3 is 1.93 bits per heavy atom. The van der Waals surface area contributed by atoms with Gasteiger partial charge >= 0.3 is 0 Å². The fourth-order valence-corrected chi connectivity index (χ4v) is 5.26. The number of hydrogen-bond acceptors (Lipinski definition) is 4. The smallest absolute Gasteiger partial charge is 0.283 e. The molecule has 0 aromatic heterocycles. The quantitative estimate of drug-likeness (QED) is 0.311. The number of phenols is 2. The number of halogens is 4. The van der Waals surface area contributed by atoms with E-state index in [0.717, 1.165) is 6.07 Å². The van der Waals surface area contributed by atoms with Crippen molar-refractivity contribution in [2.45, 2.75) is 4.75 Å². The van der Waals surface area contributed by atoms with Gasteiger partial charge in [-0.2, -0.15) is 8.42 Å². The minimum atomic E-state index is -5.09. The molecule has 1 unspecified atom stereocenters. The third-order valence-corrected chi connectivity index (χ3v) is 7.24. The van der Waals surface area contributed by atoms with Gasteiger partial charge in [-0.25, -0.2) is 0 Å². The number of phenolic OH excluding ortho intramolecular Hbond substituents is 2. The van der Waals surface area contributed by atoms with Crippen molar-refractivity contribution in [1.29, 1.82) is 0 Å².